The van der Waals surface area contributed by atoms with E-state index in [0.717, 1.165) is 24.8 Å². The van der Waals surface area contributed by atoms with E-state index in [0.29, 0.717) is 36.6 Å². The molecule has 10 nitrogen and oxygen atoms in total. The van der Waals surface area contributed by atoms with Crippen LogP contribution >= 0.6 is 0 Å². The summed E-state index contributed by atoms with van der Waals surface area (Å²) >= 11 is 0. The van der Waals surface area contributed by atoms with Crippen molar-refractivity contribution in [1.82, 2.24) is 9.62 Å². The molecule has 1 saturated carbocycles. The molecule has 1 aliphatic heterocycles. The van der Waals surface area contributed by atoms with Crippen LogP contribution in [0.1, 0.15) is 37.7 Å². The Morgan fingerprint density at radius 1 is 0.930 bits per heavy atom. The number of sulfonamides is 1. The molecule has 0 unspecified atom stereocenters. The number of carbonyl (C=O) groups excluding carboxylic acids is 2. The summed E-state index contributed by atoms with van der Waals surface area (Å²) in [5.74, 6) is 0.270. The van der Waals surface area contributed by atoms with Gasteiger partial charge < -0.3 is 24.4 Å². The molecule has 0 aromatic heterocycles. The van der Waals surface area contributed by atoms with Gasteiger partial charge in [-0.2, -0.15) is 4.31 Å². The highest BCUT2D eigenvalue weighted by molar-refractivity contribution is 7.89. The van der Waals surface area contributed by atoms with Gasteiger partial charge in [0, 0.05) is 18.7 Å². The second-order valence-corrected chi connectivity index (χ2v) is 12.5. The number of nitrogens with zero attached hydrogens (tertiary/aromatic N) is 2. The molecule has 1 N–H and O–H groups in total. The van der Waals surface area contributed by atoms with Crippen LogP contribution in [0.3, 0.4) is 0 Å². The predicted octanol–water partition coefficient (Wildman–Crippen LogP) is 4.14. The third-order valence-corrected chi connectivity index (χ3v) is 9.81. The molecule has 2 aliphatic rings. The summed E-state index contributed by atoms with van der Waals surface area (Å²) in [7, 11) is -1.17. The zero-order valence-electron chi connectivity index (χ0n) is 24.4. The van der Waals surface area contributed by atoms with Crippen LogP contribution in [0.25, 0.3) is 0 Å². The molecular weight excluding hydrogens is 570 g/mol. The number of rotatable bonds is 10. The van der Waals surface area contributed by atoms with Crippen LogP contribution in [0.15, 0.2) is 77.7 Å². The minimum Gasteiger partial charge on any atom is -0.493 e. The van der Waals surface area contributed by atoms with Crippen LogP contribution in [-0.4, -0.2) is 64.0 Å². The molecule has 0 radical (unpaired) electrons. The van der Waals surface area contributed by atoms with Gasteiger partial charge in [0.25, 0.3) is 5.91 Å². The van der Waals surface area contributed by atoms with E-state index in [1.807, 2.05) is 30.3 Å². The lowest BCUT2D eigenvalue weighted by Crippen LogP contribution is -2.54. The quantitative estimate of drug-likeness (QED) is 0.369. The molecule has 5 rings (SSSR count). The molecule has 0 bridgehead atoms. The van der Waals surface area contributed by atoms with E-state index in [1.165, 1.54) is 35.6 Å². The molecule has 228 valence electrons. The molecule has 1 fully saturated rings. The molecule has 1 aliphatic carbocycles. The van der Waals surface area contributed by atoms with Crippen LogP contribution < -0.4 is 24.4 Å². The fourth-order valence-corrected chi connectivity index (χ4v) is 7.27. The van der Waals surface area contributed by atoms with Gasteiger partial charge in [-0.05, 0) is 42.7 Å². The number of fused-ring (bicyclic) bond motifs is 1. The average molecular weight is 608 g/mol. The molecule has 0 spiro atoms. The van der Waals surface area contributed by atoms with Crippen LogP contribution in [0, 0.1) is 0 Å². The monoisotopic (exact) mass is 607 g/mol. The van der Waals surface area contributed by atoms with E-state index in [1.54, 1.807) is 30.3 Å². The van der Waals surface area contributed by atoms with Gasteiger partial charge in [0.05, 0.1) is 37.9 Å². The summed E-state index contributed by atoms with van der Waals surface area (Å²) in [4.78, 5) is 28.7. The number of nitrogens with one attached hydrogen (secondary N) is 1. The summed E-state index contributed by atoms with van der Waals surface area (Å²) in [6, 6.07) is 20.6. The van der Waals surface area contributed by atoms with Gasteiger partial charge >= 0.3 is 0 Å². The zero-order chi connectivity index (χ0) is 30.4. The van der Waals surface area contributed by atoms with Gasteiger partial charge in [0.2, 0.25) is 15.9 Å². The normalized spacial score (nSPS) is 17.1. The van der Waals surface area contributed by atoms with Crippen molar-refractivity contribution in [2.45, 2.75) is 55.7 Å². The minimum atomic E-state index is -4.10. The molecule has 2 amide bonds. The molecule has 0 saturated heterocycles. The first-order valence-electron chi connectivity index (χ1n) is 14.4. The van der Waals surface area contributed by atoms with Crippen molar-refractivity contribution in [3.8, 4) is 17.2 Å². The van der Waals surface area contributed by atoms with Crippen molar-refractivity contribution in [3.63, 3.8) is 0 Å². The van der Waals surface area contributed by atoms with Crippen molar-refractivity contribution in [3.05, 3.63) is 78.4 Å². The Morgan fingerprint density at radius 2 is 1.63 bits per heavy atom. The van der Waals surface area contributed by atoms with Gasteiger partial charge in [-0.1, -0.05) is 61.7 Å². The SMILES string of the molecule is COc1ccc(S(=O)(=O)N(CC(=O)N2C[C@@H](C(=O)NCc3ccccc3)Oc3ccccc32)C2CCCCC2)cc1OC. The van der Waals surface area contributed by atoms with E-state index < -0.39 is 22.0 Å². The first-order chi connectivity index (χ1) is 20.8. The smallest absolute Gasteiger partial charge is 0.263 e. The Morgan fingerprint density at radius 3 is 2.35 bits per heavy atom. The largest absolute Gasteiger partial charge is 0.493 e. The summed E-state index contributed by atoms with van der Waals surface area (Å²) in [6.07, 6.45) is 3.12. The van der Waals surface area contributed by atoms with Gasteiger partial charge in [-0.3, -0.25) is 9.59 Å². The first kappa shape index (κ1) is 30.4. The van der Waals surface area contributed by atoms with E-state index in [-0.39, 0.29) is 35.7 Å². The number of hydrogen-bond acceptors (Lipinski definition) is 7. The van der Waals surface area contributed by atoms with Gasteiger partial charge in [0.15, 0.2) is 17.6 Å². The second-order valence-electron chi connectivity index (χ2n) is 10.6. The third-order valence-electron chi connectivity index (χ3n) is 7.91. The highest BCUT2D eigenvalue weighted by Gasteiger charge is 2.39. The maximum atomic E-state index is 14.1. The number of para-hydroxylation sites is 2. The molecule has 3 aromatic carbocycles. The van der Waals surface area contributed by atoms with Crippen LogP contribution in [0.2, 0.25) is 0 Å². The Balaban J connectivity index is 1.41. The zero-order valence-corrected chi connectivity index (χ0v) is 25.2. The topological polar surface area (TPSA) is 114 Å². The Bertz CT molecular complexity index is 1540. The molecule has 11 heteroatoms. The van der Waals surface area contributed by atoms with Gasteiger partial charge in [0.1, 0.15) is 5.75 Å². The van der Waals surface area contributed by atoms with Gasteiger partial charge in [-0.25, -0.2) is 8.42 Å². The van der Waals surface area contributed by atoms with Crippen molar-refractivity contribution < 1.29 is 32.2 Å². The van der Waals surface area contributed by atoms with Crippen LogP contribution in [-0.2, 0) is 26.2 Å². The van der Waals surface area contributed by atoms with E-state index >= 15 is 0 Å². The minimum absolute atomic E-state index is 0.0177. The standard InChI is InChI=1S/C32H37N3O7S/c1-40-28-18-17-25(19-29(28)41-2)43(38,39)35(24-13-7-4-8-14-24)22-31(36)34-21-30(42-27-16-10-9-15-26(27)34)32(37)33-20-23-11-5-3-6-12-23/h3,5-6,9-12,15-19,24,30H,4,7-8,13-14,20-22H2,1-2H3,(H,33,37)/t30-/m0/s1. The number of ether oxygens (including phenoxy) is 3. The molecular formula is C32H37N3O7S. The Kier molecular flexibility index (Phi) is 9.52. The van der Waals surface area contributed by atoms with Gasteiger partial charge in [-0.15, -0.1) is 0 Å². The summed E-state index contributed by atoms with van der Waals surface area (Å²) in [6.45, 7) is -0.117. The fourth-order valence-electron chi connectivity index (χ4n) is 5.62. The molecule has 1 heterocycles. The van der Waals surface area contributed by atoms with E-state index in [2.05, 4.69) is 5.32 Å². The molecule has 43 heavy (non-hydrogen) atoms. The van der Waals surface area contributed by atoms with E-state index in [9.17, 15) is 18.0 Å². The third kappa shape index (κ3) is 6.78. The summed E-state index contributed by atoms with van der Waals surface area (Å²) in [5, 5.41) is 2.89. The lowest BCUT2D eigenvalue weighted by atomic mass is 9.95. The van der Waals surface area contributed by atoms with E-state index in [4.69, 9.17) is 14.2 Å². The number of methoxy groups -OCH3 is 2. The van der Waals surface area contributed by atoms with Crippen molar-refractivity contribution in [2.75, 3.05) is 32.2 Å². The fraction of sp³-hybridized carbons (Fsp3) is 0.375. The number of anilines is 1. The highest BCUT2D eigenvalue weighted by Crippen LogP contribution is 2.36. The lowest BCUT2D eigenvalue weighted by molar-refractivity contribution is -0.128. The highest BCUT2D eigenvalue weighted by atomic mass is 32.2. The van der Waals surface area contributed by atoms with Crippen molar-refractivity contribution >= 4 is 27.5 Å². The Labute approximate surface area is 252 Å². The summed E-state index contributed by atoms with van der Waals surface area (Å²) < 4.78 is 46.2. The number of hydrogen-bond donors (Lipinski definition) is 1. The predicted molar refractivity (Wildman–Crippen MR) is 162 cm³/mol. The van der Waals surface area contributed by atoms with Crippen LogP contribution in [0.5, 0.6) is 17.2 Å². The number of benzene rings is 3. The second kappa shape index (κ2) is 13.5. The maximum absolute atomic E-state index is 14.1. The van der Waals surface area contributed by atoms with Crippen LogP contribution in [0.4, 0.5) is 5.69 Å². The van der Waals surface area contributed by atoms with Crippen molar-refractivity contribution in [2.24, 2.45) is 0 Å². The lowest BCUT2D eigenvalue weighted by Gasteiger charge is -2.37. The number of carbonyl (C=O) groups is 2. The first-order valence-corrected chi connectivity index (χ1v) is 15.9. The summed E-state index contributed by atoms with van der Waals surface area (Å²) in [5.41, 5.74) is 1.43. The maximum Gasteiger partial charge on any atom is 0.263 e. The average Bonchev–Trinajstić information content (AvgIpc) is 3.05. The molecule has 1 atom stereocenters. The van der Waals surface area contributed by atoms with Crippen molar-refractivity contribution in [1.29, 1.82) is 0 Å². The molecule has 3 aromatic rings. The Hall–Kier alpha value is -4.09. The number of amides is 2.